The maximum Gasteiger partial charge on any atom is 0.416 e. The molecule has 0 bridgehead atoms. The van der Waals surface area contributed by atoms with Crippen molar-refractivity contribution in [3.8, 4) is 0 Å². The molecule has 1 aromatic rings. The largest absolute Gasteiger partial charge is 0.440 e. The molecule has 9 heteroatoms. The molecule has 0 aromatic carbocycles. The second kappa shape index (κ2) is 5.47. The molecule has 0 unspecified atom stereocenters. The van der Waals surface area contributed by atoms with Gasteiger partial charge in [0.05, 0.1) is 24.7 Å². The Bertz CT molecular complexity index is 668. The van der Waals surface area contributed by atoms with Crippen LogP contribution >= 0.6 is 0 Å². The van der Waals surface area contributed by atoms with E-state index in [-0.39, 0.29) is 10.8 Å². The fraction of sp³-hybridized carbons (Fsp3) is 0.615. The van der Waals surface area contributed by atoms with Crippen molar-refractivity contribution in [2.45, 2.75) is 30.4 Å². The van der Waals surface area contributed by atoms with E-state index in [0.29, 0.717) is 12.4 Å². The molecule has 1 amide bonds. The Morgan fingerprint density at radius 2 is 2.05 bits per heavy atom. The van der Waals surface area contributed by atoms with E-state index in [1.54, 1.807) is 6.92 Å². The summed E-state index contributed by atoms with van der Waals surface area (Å²) in [5.74, 6) is 0.276. The molecule has 1 N–H and O–H groups in total. The average molecular weight is 326 g/mol. The summed E-state index contributed by atoms with van der Waals surface area (Å²) in [5.41, 5.74) is -0.474. The standard InChI is InChI=1S/C13H18N4O4S/c1-2-22(19,20)11-8-15-10(7-16-11)17-9-13(21-12(17)18)3-5-14-6-4-13/h7-8,14H,2-6,9H2,1H3. The van der Waals surface area contributed by atoms with Crippen LogP contribution < -0.4 is 10.2 Å². The number of nitrogens with one attached hydrogen (secondary N) is 1. The number of rotatable bonds is 3. The lowest BCUT2D eigenvalue weighted by Gasteiger charge is -2.31. The van der Waals surface area contributed by atoms with Gasteiger partial charge < -0.3 is 10.1 Å². The average Bonchev–Trinajstić information content (AvgIpc) is 2.84. The molecular weight excluding hydrogens is 308 g/mol. The molecule has 120 valence electrons. The number of hydrogen-bond donors (Lipinski definition) is 1. The lowest BCUT2D eigenvalue weighted by Crippen LogP contribution is -2.45. The molecule has 0 atom stereocenters. The zero-order valence-corrected chi connectivity index (χ0v) is 13.1. The van der Waals surface area contributed by atoms with E-state index in [1.165, 1.54) is 17.3 Å². The number of piperidine rings is 1. The summed E-state index contributed by atoms with van der Waals surface area (Å²) in [4.78, 5) is 21.5. The zero-order valence-electron chi connectivity index (χ0n) is 12.3. The van der Waals surface area contributed by atoms with Crippen LogP contribution in [0, 0.1) is 0 Å². The van der Waals surface area contributed by atoms with Gasteiger partial charge in [0, 0.05) is 12.8 Å². The highest BCUT2D eigenvalue weighted by Gasteiger charge is 2.46. The molecule has 3 rings (SSSR count). The molecule has 1 aromatic heterocycles. The van der Waals surface area contributed by atoms with Crippen LogP contribution in [0.25, 0.3) is 0 Å². The van der Waals surface area contributed by atoms with Gasteiger partial charge in [-0.15, -0.1) is 0 Å². The molecule has 3 heterocycles. The fourth-order valence-electron chi connectivity index (χ4n) is 2.70. The number of hydrogen-bond acceptors (Lipinski definition) is 7. The maximum atomic E-state index is 12.1. The third-order valence-electron chi connectivity index (χ3n) is 4.08. The molecule has 0 radical (unpaired) electrons. The molecule has 2 saturated heterocycles. The number of nitrogens with zero attached hydrogens (tertiary/aromatic N) is 3. The van der Waals surface area contributed by atoms with Gasteiger partial charge in [-0.3, -0.25) is 4.90 Å². The normalized spacial score (nSPS) is 21.1. The van der Waals surface area contributed by atoms with Crippen LogP contribution in [-0.4, -0.2) is 55.5 Å². The first-order valence-corrected chi connectivity index (χ1v) is 8.87. The van der Waals surface area contributed by atoms with Gasteiger partial charge in [0.15, 0.2) is 20.7 Å². The van der Waals surface area contributed by atoms with Crippen LogP contribution in [0.15, 0.2) is 17.4 Å². The van der Waals surface area contributed by atoms with Crippen molar-refractivity contribution in [2.75, 3.05) is 30.3 Å². The topological polar surface area (TPSA) is 101 Å². The van der Waals surface area contributed by atoms with Crippen LogP contribution in [0.3, 0.4) is 0 Å². The van der Waals surface area contributed by atoms with Gasteiger partial charge >= 0.3 is 6.09 Å². The molecule has 2 aliphatic heterocycles. The van der Waals surface area contributed by atoms with Gasteiger partial charge in [0.1, 0.15) is 5.60 Å². The zero-order chi connectivity index (χ0) is 15.8. The minimum Gasteiger partial charge on any atom is -0.440 e. The molecular formula is C13H18N4O4S. The van der Waals surface area contributed by atoms with Gasteiger partial charge in [-0.25, -0.2) is 23.2 Å². The second-order valence-corrected chi connectivity index (χ2v) is 7.73. The van der Waals surface area contributed by atoms with Crippen LogP contribution in [0.4, 0.5) is 10.6 Å². The van der Waals surface area contributed by atoms with Crippen LogP contribution in [0.5, 0.6) is 0 Å². The lowest BCUT2D eigenvalue weighted by molar-refractivity contribution is 0.0316. The van der Waals surface area contributed by atoms with E-state index in [0.717, 1.165) is 25.9 Å². The number of carbonyl (C=O) groups excluding carboxylic acids is 1. The van der Waals surface area contributed by atoms with Gasteiger partial charge in [0.25, 0.3) is 0 Å². The Morgan fingerprint density at radius 1 is 1.32 bits per heavy atom. The van der Waals surface area contributed by atoms with Crippen molar-refractivity contribution in [3.63, 3.8) is 0 Å². The maximum absolute atomic E-state index is 12.1. The summed E-state index contributed by atoms with van der Waals surface area (Å²) in [6.07, 6.45) is 3.55. The van der Waals surface area contributed by atoms with Crippen molar-refractivity contribution in [2.24, 2.45) is 0 Å². The van der Waals surface area contributed by atoms with Crippen molar-refractivity contribution in [1.29, 1.82) is 0 Å². The summed E-state index contributed by atoms with van der Waals surface area (Å²) in [7, 11) is -3.40. The number of amides is 1. The van der Waals surface area contributed by atoms with E-state index >= 15 is 0 Å². The monoisotopic (exact) mass is 326 g/mol. The second-order valence-electron chi connectivity index (χ2n) is 5.50. The molecule has 0 aliphatic carbocycles. The van der Waals surface area contributed by atoms with E-state index in [4.69, 9.17) is 4.74 Å². The van der Waals surface area contributed by atoms with E-state index < -0.39 is 21.5 Å². The van der Waals surface area contributed by atoms with Crippen LogP contribution in [0.1, 0.15) is 19.8 Å². The first-order valence-electron chi connectivity index (χ1n) is 7.22. The third-order valence-corrected chi connectivity index (χ3v) is 5.68. The number of aromatic nitrogens is 2. The van der Waals surface area contributed by atoms with Gasteiger partial charge in [-0.2, -0.15) is 0 Å². The van der Waals surface area contributed by atoms with Crippen LogP contribution in [-0.2, 0) is 14.6 Å². The summed E-state index contributed by atoms with van der Waals surface area (Å²) >= 11 is 0. The van der Waals surface area contributed by atoms with Gasteiger partial charge in [-0.1, -0.05) is 6.92 Å². The Hall–Kier alpha value is -1.74. The van der Waals surface area contributed by atoms with Gasteiger partial charge in [-0.05, 0) is 13.1 Å². The Balaban J connectivity index is 1.81. The van der Waals surface area contributed by atoms with Crippen molar-refractivity contribution in [3.05, 3.63) is 12.4 Å². The number of sulfone groups is 1. The molecule has 2 aliphatic rings. The highest BCUT2D eigenvalue weighted by Crippen LogP contribution is 2.33. The molecule has 8 nitrogen and oxygen atoms in total. The quantitative estimate of drug-likeness (QED) is 0.855. The predicted molar refractivity (Wildman–Crippen MR) is 78.4 cm³/mol. The molecule has 2 fully saturated rings. The molecule has 22 heavy (non-hydrogen) atoms. The van der Waals surface area contributed by atoms with Crippen molar-refractivity contribution >= 4 is 21.7 Å². The van der Waals surface area contributed by atoms with E-state index in [1.807, 2.05) is 0 Å². The number of carbonyl (C=O) groups is 1. The highest BCUT2D eigenvalue weighted by atomic mass is 32.2. The van der Waals surface area contributed by atoms with E-state index in [2.05, 4.69) is 15.3 Å². The first kappa shape index (κ1) is 15.2. The third kappa shape index (κ3) is 2.66. The Kier molecular flexibility index (Phi) is 3.77. The highest BCUT2D eigenvalue weighted by molar-refractivity contribution is 7.91. The molecule has 1 spiro atoms. The summed E-state index contributed by atoms with van der Waals surface area (Å²) in [6.45, 7) is 3.58. The smallest absolute Gasteiger partial charge is 0.416 e. The SMILES string of the molecule is CCS(=O)(=O)c1cnc(N2CC3(CCNCC3)OC2=O)cn1. The lowest BCUT2D eigenvalue weighted by atomic mass is 9.92. The van der Waals surface area contributed by atoms with Crippen molar-refractivity contribution < 1.29 is 17.9 Å². The van der Waals surface area contributed by atoms with E-state index in [9.17, 15) is 13.2 Å². The summed E-state index contributed by atoms with van der Waals surface area (Å²) < 4.78 is 29.0. The Labute approximate surface area is 128 Å². The minimum absolute atomic E-state index is 0.0388. The summed E-state index contributed by atoms with van der Waals surface area (Å²) in [6, 6.07) is 0. The minimum atomic E-state index is -3.40. The molecule has 0 saturated carbocycles. The first-order chi connectivity index (χ1) is 10.5. The Morgan fingerprint density at radius 3 is 2.64 bits per heavy atom. The fourth-order valence-corrected chi connectivity index (χ4v) is 3.42. The number of anilines is 1. The van der Waals surface area contributed by atoms with Crippen molar-refractivity contribution in [1.82, 2.24) is 15.3 Å². The summed E-state index contributed by atoms with van der Waals surface area (Å²) in [5, 5.41) is 3.15. The van der Waals surface area contributed by atoms with Crippen LogP contribution in [0.2, 0.25) is 0 Å². The predicted octanol–water partition coefficient (Wildman–Crippen LogP) is 0.349. The van der Waals surface area contributed by atoms with Gasteiger partial charge in [0.2, 0.25) is 0 Å². The number of ether oxygens (including phenoxy) is 1.